The zero-order valence-corrected chi connectivity index (χ0v) is 6.42. The molecule has 0 fully saturated rings. The number of H-pyrrole nitrogens is 2. The maximum atomic E-state index is 10.7. The summed E-state index contributed by atoms with van der Waals surface area (Å²) in [6.45, 7) is 1.47. The second kappa shape index (κ2) is 3.22. The molecule has 1 aromatic heterocycles. The van der Waals surface area contributed by atoms with E-state index in [1.54, 1.807) is 0 Å². The van der Waals surface area contributed by atoms with Crippen LogP contribution in [0.15, 0.2) is 15.7 Å². The average molecular weight is 171 g/mol. The molecule has 66 valence electrons. The minimum atomic E-state index is -0.817. The van der Waals surface area contributed by atoms with Gasteiger partial charge in [0.15, 0.2) is 0 Å². The van der Waals surface area contributed by atoms with Crippen LogP contribution in [0.2, 0.25) is 0 Å². The van der Waals surface area contributed by atoms with Crippen LogP contribution in [0.25, 0.3) is 0 Å². The van der Waals surface area contributed by atoms with Gasteiger partial charge in [0.25, 0.3) is 5.56 Å². The van der Waals surface area contributed by atoms with Crippen molar-refractivity contribution in [1.82, 2.24) is 9.97 Å². The molecule has 0 bridgehead atoms. The summed E-state index contributed by atoms with van der Waals surface area (Å²) in [7, 11) is 0. The Kier molecular flexibility index (Phi) is 2.29. The summed E-state index contributed by atoms with van der Waals surface area (Å²) < 4.78 is 0. The number of hydrogen-bond acceptors (Lipinski definition) is 4. The molecule has 1 heterocycles. The van der Waals surface area contributed by atoms with Gasteiger partial charge in [0.1, 0.15) is 12.0 Å². The van der Waals surface area contributed by atoms with Gasteiger partial charge in [-0.3, -0.25) is 14.8 Å². The summed E-state index contributed by atoms with van der Waals surface area (Å²) in [4.78, 5) is 25.6. The van der Waals surface area contributed by atoms with E-state index in [-0.39, 0.29) is 5.82 Å². The molecule has 0 aliphatic heterocycles. The third-order valence-corrected chi connectivity index (χ3v) is 1.12. The van der Waals surface area contributed by atoms with E-state index < -0.39 is 17.5 Å². The van der Waals surface area contributed by atoms with Gasteiger partial charge >= 0.3 is 5.69 Å². The van der Waals surface area contributed by atoms with Crippen LogP contribution in [0.1, 0.15) is 6.92 Å². The summed E-state index contributed by atoms with van der Waals surface area (Å²) in [5, 5.41) is 11.3. The summed E-state index contributed by atoms with van der Waals surface area (Å²) in [5.41, 5.74) is -1.12. The molecule has 4 N–H and O–H groups in total. The van der Waals surface area contributed by atoms with Gasteiger partial charge in [-0.05, 0) is 6.92 Å². The fourth-order valence-electron chi connectivity index (χ4n) is 0.772. The molecule has 0 aromatic carbocycles. The lowest BCUT2D eigenvalue weighted by Crippen LogP contribution is -2.25. The average Bonchev–Trinajstić information content (AvgIpc) is 1.81. The van der Waals surface area contributed by atoms with Crippen LogP contribution < -0.4 is 16.6 Å². The van der Waals surface area contributed by atoms with Crippen LogP contribution in [0.5, 0.6) is 0 Å². The van der Waals surface area contributed by atoms with Crippen molar-refractivity contribution in [3.8, 4) is 0 Å². The quantitative estimate of drug-likeness (QED) is 0.421. The maximum Gasteiger partial charge on any atom is 0.327 e. The van der Waals surface area contributed by atoms with Crippen molar-refractivity contribution in [2.75, 3.05) is 5.32 Å². The number of hydrogen-bond donors (Lipinski definition) is 4. The summed E-state index contributed by atoms with van der Waals surface area (Å²) >= 11 is 0. The smallest absolute Gasteiger partial charge is 0.327 e. The molecule has 0 spiro atoms. The van der Waals surface area contributed by atoms with E-state index in [1.165, 1.54) is 6.92 Å². The van der Waals surface area contributed by atoms with Gasteiger partial charge in [0.05, 0.1) is 0 Å². The normalized spacial score (nSPS) is 12.5. The highest BCUT2D eigenvalue weighted by Crippen LogP contribution is 1.93. The number of nitrogens with one attached hydrogen (secondary N) is 3. The first-order valence-corrected chi connectivity index (χ1v) is 3.36. The lowest BCUT2D eigenvalue weighted by molar-refractivity contribution is 0.224. The molecule has 12 heavy (non-hydrogen) atoms. The Morgan fingerprint density at radius 1 is 1.50 bits per heavy atom. The number of aliphatic hydroxyl groups excluding tert-OH is 1. The molecule has 1 rings (SSSR count). The molecule has 1 aromatic rings. The van der Waals surface area contributed by atoms with Gasteiger partial charge in [0.2, 0.25) is 0 Å². The summed E-state index contributed by atoms with van der Waals surface area (Å²) in [5.74, 6) is 0.193. The number of anilines is 1. The van der Waals surface area contributed by atoms with Crippen molar-refractivity contribution in [3.63, 3.8) is 0 Å². The molecule has 0 saturated heterocycles. The predicted molar refractivity (Wildman–Crippen MR) is 43.0 cm³/mol. The SMILES string of the molecule is CC(O)Nc1cc(=O)[nH]c(=O)[nH]1. The Labute approximate surface area is 67.3 Å². The van der Waals surface area contributed by atoms with E-state index in [1.807, 2.05) is 4.98 Å². The molecule has 0 aliphatic carbocycles. The summed E-state index contributed by atoms with van der Waals surface area (Å²) in [6.07, 6.45) is -0.817. The Morgan fingerprint density at radius 2 is 2.17 bits per heavy atom. The molecular weight excluding hydrogens is 162 g/mol. The van der Waals surface area contributed by atoms with Crippen molar-refractivity contribution in [3.05, 3.63) is 26.9 Å². The number of aliphatic hydroxyl groups is 1. The summed E-state index contributed by atoms with van der Waals surface area (Å²) in [6, 6.07) is 1.15. The van der Waals surface area contributed by atoms with Gasteiger partial charge in [0, 0.05) is 6.07 Å². The predicted octanol–water partition coefficient (Wildman–Crippen LogP) is -1.19. The third kappa shape index (κ3) is 2.24. The van der Waals surface area contributed by atoms with Crippen molar-refractivity contribution in [2.24, 2.45) is 0 Å². The zero-order chi connectivity index (χ0) is 9.14. The molecule has 0 amide bonds. The monoisotopic (exact) mass is 171 g/mol. The van der Waals surface area contributed by atoms with E-state index in [4.69, 9.17) is 5.11 Å². The highest BCUT2D eigenvalue weighted by atomic mass is 16.3. The van der Waals surface area contributed by atoms with Crippen molar-refractivity contribution in [2.45, 2.75) is 13.2 Å². The van der Waals surface area contributed by atoms with E-state index in [9.17, 15) is 9.59 Å². The van der Waals surface area contributed by atoms with Gasteiger partial charge in [-0.2, -0.15) is 0 Å². The fourth-order valence-corrected chi connectivity index (χ4v) is 0.772. The van der Waals surface area contributed by atoms with E-state index in [0.717, 1.165) is 6.07 Å². The van der Waals surface area contributed by atoms with Crippen LogP contribution in [-0.2, 0) is 0 Å². The van der Waals surface area contributed by atoms with E-state index in [2.05, 4.69) is 10.3 Å². The molecule has 1 atom stereocenters. The Hall–Kier alpha value is -1.56. The largest absolute Gasteiger partial charge is 0.374 e. The van der Waals surface area contributed by atoms with Gasteiger partial charge in [-0.1, -0.05) is 0 Å². The highest BCUT2D eigenvalue weighted by molar-refractivity contribution is 5.31. The second-order valence-electron chi connectivity index (χ2n) is 2.32. The highest BCUT2D eigenvalue weighted by Gasteiger charge is 1.97. The first-order chi connectivity index (χ1) is 5.58. The van der Waals surface area contributed by atoms with Gasteiger partial charge in [-0.15, -0.1) is 0 Å². The standard InChI is InChI=1S/C6H9N3O3/c1-3(10)7-4-2-5(11)9-6(12)8-4/h2-3,10H,1H3,(H3,7,8,9,11,12). The van der Waals surface area contributed by atoms with Crippen molar-refractivity contribution < 1.29 is 5.11 Å². The van der Waals surface area contributed by atoms with Crippen molar-refractivity contribution in [1.29, 1.82) is 0 Å². The van der Waals surface area contributed by atoms with E-state index >= 15 is 0 Å². The zero-order valence-electron chi connectivity index (χ0n) is 6.42. The maximum absolute atomic E-state index is 10.7. The van der Waals surface area contributed by atoms with Crippen LogP contribution >= 0.6 is 0 Å². The second-order valence-corrected chi connectivity index (χ2v) is 2.32. The Balaban J connectivity index is 3.01. The lowest BCUT2D eigenvalue weighted by Gasteiger charge is -2.06. The first-order valence-electron chi connectivity index (χ1n) is 3.36. The third-order valence-electron chi connectivity index (χ3n) is 1.12. The number of aromatic nitrogens is 2. The van der Waals surface area contributed by atoms with Crippen LogP contribution in [-0.4, -0.2) is 21.3 Å². The van der Waals surface area contributed by atoms with Crippen LogP contribution in [0.4, 0.5) is 5.82 Å². The first kappa shape index (κ1) is 8.54. The Morgan fingerprint density at radius 3 is 2.67 bits per heavy atom. The number of aromatic amines is 2. The van der Waals surface area contributed by atoms with E-state index in [0.29, 0.717) is 0 Å². The molecular formula is C6H9N3O3. The molecule has 1 unspecified atom stereocenters. The number of rotatable bonds is 2. The lowest BCUT2D eigenvalue weighted by atomic mass is 10.5. The van der Waals surface area contributed by atoms with Gasteiger partial charge in [-0.25, -0.2) is 4.79 Å². The minimum absolute atomic E-state index is 0.193. The molecule has 6 nitrogen and oxygen atoms in total. The van der Waals surface area contributed by atoms with Crippen LogP contribution in [0.3, 0.4) is 0 Å². The molecule has 0 aliphatic rings. The topological polar surface area (TPSA) is 98.0 Å². The van der Waals surface area contributed by atoms with Crippen LogP contribution in [0, 0.1) is 0 Å². The minimum Gasteiger partial charge on any atom is -0.374 e. The molecule has 6 heteroatoms. The Bertz CT molecular complexity index is 337. The fraction of sp³-hybridized carbons (Fsp3) is 0.333. The molecule has 0 saturated carbocycles. The molecule has 0 radical (unpaired) electrons. The van der Waals surface area contributed by atoms with Crippen molar-refractivity contribution >= 4 is 5.82 Å². The van der Waals surface area contributed by atoms with Gasteiger partial charge < -0.3 is 10.4 Å².